The van der Waals surface area contributed by atoms with Gasteiger partial charge in [-0.05, 0) is 45.5 Å². The Morgan fingerprint density at radius 2 is 0.750 bits per heavy atom. The molecule has 0 saturated carbocycles. The first-order valence-electron chi connectivity index (χ1n) is 20.4. The molecule has 0 fully saturated rings. The summed E-state index contributed by atoms with van der Waals surface area (Å²) >= 11 is 0. The van der Waals surface area contributed by atoms with Crippen molar-refractivity contribution in [1.29, 1.82) is 0 Å². The fourth-order valence-corrected chi connectivity index (χ4v) is 6.82. The molecule has 0 radical (unpaired) electrons. The van der Waals surface area contributed by atoms with E-state index in [1.165, 1.54) is 0 Å². The van der Waals surface area contributed by atoms with Crippen LogP contribution in [0.3, 0.4) is 0 Å². The summed E-state index contributed by atoms with van der Waals surface area (Å²) in [7, 11) is 0. The zero-order valence-electron chi connectivity index (χ0n) is 33.7. The Labute approximate surface area is 353 Å². The average molecular weight is 801 g/mol. The highest BCUT2D eigenvalue weighted by molar-refractivity contribution is 5.43. The van der Waals surface area contributed by atoms with Crippen LogP contribution in [0.5, 0.6) is 11.5 Å². The first-order chi connectivity index (χ1) is 29.7. The predicted octanol–water partition coefficient (Wildman–Crippen LogP) is 10.9. The van der Waals surface area contributed by atoms with Gasteiger partial charge in [0.25, 0.3) is 0 Å². The molecular weight excluding hydrogens is 749 g/mol. The molecule has 0 amide bonds. The number of aliphatic hydroxyl groups excluding tert-OH is 1. The molecule has 0 aliphatic heterocycles. The minimum Gasteiger partial charge on any atom is -0.489 e. The number of aliphatic hydroxyl groups is 1. The van der Waals surface area contributed by atoms with Crippen LogP contribution in [0, 0.1) is 0 Å². The summed E-state index contributed by atoms with van der Waals surface area (Å²) in [6.45, 7) is 1.95. The normalized spacial score (nSPS) is 13.2. The van der Waals surface area contributed by atoms with Gasteiger partial charge in [0.15, 0.2) is 0 Å². The standard InChI is InChI=1S/C53H52O7/c54-51(48-32-31-47(56-35-42-21-9-2-10-22-42)33-49(48)57-36-43-23-11-3-12-24-43)53(60-39-46-29-17-6-18-30-46)52(59-38-45-27-15-5-16-28-45)50(58-37-44-25-13-4-14-26-44)40-55-34-41-19-7-1-8-20-41/h1-33,50-54H,34-40H2/t50-,51+,52-,53+/m1/s1. The third-order valence-electron chi connectivity index (χ3n) is 10.1. The topological polar surface area (TPSA) is 75.6 Å². The first-order valence-corrected chi connectivity index (χ1v) is 20.4. The fourth-order valence-electron chi connectivity index (χ4n) is 6.82. The first kappa shape index (κ1) is 42.1. The van der Waals surface area contributed by atoms with Crippen LogP contribution in [0.2, 0.25) is 0 Å². The molecule has 0 aromatic heterocycles. The lowest BCUT2D eigenvalue weighted by molar-refractivity contribution is -0.192. The van der Waals surface area contributed by atoms with Gasteiger partial charge >= 0.3 is 0 Å². The van der Waals surface area contributed by atoms with Gasteiger partial charge < -0.3 is 33.5 Å². The second-order valence-corrected chi connectivity index (χ2v) is 14.6. The maximum atomic E-state index is 12.8. The van der Waals surface area contributed by atoms with E-state index in [9.17, 15) is 5.11 Å². The van der Waals surface area contributed by atoms with Gasteiger partial charge in [0.1, 0.15) is 49.1 Å². The quantitative estimate of drug-likeness (QED) is 0.0690. The number of hydrogen-bond acceptors (Lipinski definition) is 7. The Kier molecular flexibility index (Phi) is 16.1. The molecule has 7 nitrogen and oxygen atoms in total. The zero-order valence-corrected chi connectivity index (χ0v) is 33.7. The molecule has 1 N–H and O–H groups in total. The van der Waals surface area contributed by atoms with E-state index < -0.39 is 24.4 Å². The van der Waals surface area contributed by atoms with Crippen molar-refractivity contribution in [1.82, 2.24) is 0 Å². The van der Waals surface area contributed by atoms with E-state index in [0.717, 1.165) is 33.4 Å². The Morgan fingerprint density at radius 3 is 1.22 bits per heavy atom. The lowest BCUT2D eigenvalue weighted by atomic mass is 9.95. The van der Waals surface area contributed by atoms with Crippen LogP contribution in [0.4, 0.5) is 0 Å². The fraction of sp³-hybridized carbons (Fsp3) is 0.208. The Morgan fingerprint density at radius 1 is 0.367 bits per heavy atom. The molecule has 0 saturated heterocycles. The van der Waals surface area contributed by atoms with Gasteiger partial charge in [0, 0.05) is 11.6 Å². The molecular formula is C53H52O7. The highest BCUT2D eigenvalue weighted by atomic mass is 16.6. The maximum absolute atomic E-state index is 12.8. The van der Waals surface area contributed by atoms with Gasteiger partial charge in [-0.1, -0.05) is 182 Å². The molecule has 0 heterocycles. The average Bonchev–Trinajstić information content (AvgIpc) is 3.32. The van der Waals surface area contributed by atoms with E-state index in [1.807, 2.05) is 200 Å². The van der Waals surface area contributed by atoms with Crippen molar-refractivity contribution < 1.29 is 33.5 Å². The number of hydrogen-bond donors (Lipinski definition) is 1. The lowest BCUT2D eigenvalue weighted by Gasteiger charge is -2.36. The summed E-state index contributed by atoms with van der Waals surface area (Å²) in [6, 6.07) is 65.4. The van der Waals surface area contributed by atoms with E-state index >= 15 is 0 Å². The van der Waals surface area contributed by atoms with Crippen molar-refractivity contribution >= 4 is 0 Å². The van der Waals surface area contributed by atoms with Gasteiger partial charge in [-0.2, -0.15) is 0 Å². The van der Waals surface area contributed by atoms with E-state index in [1.54, 1.807) is 0 Å². The summed E-state index contributed by atoms with van der Waals surface area (Å²) < 4.78 is 39.7. The molecule has 7 rings (SSSR count). The van der Waals surface area contributed by atoms with Crippen LogP contribution >= 0.6 is 0 Å². The predicted molar refractivity (Wildman–Crippen MR) is 234 cm³/mol. The third kappa shape index (κ3) is 13.0. The zero-order chi connectivity index (χ0) is 41.0. The van der Waals surface area contributed by atoms with Gasteiger partial charge in [-0.15, -0.1) is 0 Å². The van der Waals surface area contributed by atoms with Crippen molar-refractivity contribution in [3.63, 3.8) is 0 Å². The molecule has 60 heavy (non-hydrogen) atoms. The Bertz CT molecular complexity index is 2220. The SMILES string of the molecule is O[C@@H](c1ccc(OCc2ccccc2)cc1OCc1ccccc1)[C@H](OCc1ccccc1)[C@H](OCc1ccccc1)[C@@H](COCc1ccccc1)OCc1ccccc1. The van der Waals surface area contributed by atoms with Crippen LogP contribution in [-0.4, -0.2) is 30.0 Å². The number of ether oxygens (including phenoxy) is 6. The smallest absolute Gasteiger partial charge is 0.129 e. The summed E-state index contributed by atoms with van der Waals surface area (Å²) in [5, 5.41) is 12.8. The van der Waals surface area contributed by atoms with E-state index in [4.69, 9.17) is 28.4 Å². The van der Waals surface area contributed by atoms with Crippen molar-refractivity contribution in [3.8, 4) is 11.5 Å². The largest absolute Gasteiger partial charge is 0.489 e. The van der Waals surface area contributed by atoms with Gasteiger partial charge in [0.2, 0.25) is 0 Å². The Balaban J connectivity index is 1.25. The van der Waals surface area contributed by atoms with E-state index in [-0.39, 0.29) is 26.4 Å². The van der Waals surface area contributed by atoms with Crippen molar-refractivity contribution in [2.24, 2.45) is 0 Å². The minimum absolute atomic E-state index is 0.169. The lowest BCUT2D eigenvalue weighted by Crippen LogP contribution is -2.47. The molecule has 0 aliphatic rings. The minimum atomic E-state index is -1.24. The summed E-state index contributed by atoms with van der Waals surface area (Å²) in [4.78, 5) is 0. The van der Waals surface area contributed by atoms with Gasteiger partial charge in [0.05, 0.1) is 33.0 Å². The second kappa shape index (κ2) is 22.9. The molecule has 0 bridgehead atoms. The van der Waals surface area contributed by atoms with Gasteiger partial charge in [-0.25, -0.2) is 0 Å². The molecule has 0 unspecified atom stereocenters. The van der Waals surface area contributed by atoms with Crippen molar-refractivity contribution in [3.05, 3.63) is 239 Å². The summed E-state index contributed by atoms with van der Waals surface area (Å²) in [6.07, 6.45) is -3.68. The third-order valence-corrected chi connectivity index (χ3v) is 10.1. The second-order valence-electron chi connectivity index (χ2n) is 14.6. The van der Waals surface area contributed by atoms with Gasteiger partial charge in [-0.3, -0.25) is 0 Å². The summed E-state index contributed by atoms with van der Waals surface area (Å²) in [5.41, 5.74) is 6.50. The van der Waals surface area contributed by atoms with E-state index in [0.29, 0.717) is 36.9 Å². The molecule has 306 valence electrons. The van der Waals surface area contributed by atoms with Crippen LogP contribution < -0.4 is 9.47 Å². The van der Waals surface area contributed by atoms with Crippen LogP contribution in [-0.2, 0) is 58.6 Å². The number of benzene rings is 7. The molecule has 7 heteroatoms. The van der Waals surface area contributed by atoms with Crippen molar-refractivity contribution in [2.45, 2.75) is 64.1 Å². The van der Waals surface area contributed by atoms with E-state index in [2.05, 4.69) is 0 Å². The Hall–Kier alpha value is -6.06. The number of rotatable bonds is 23. The molecule has 4 atom stereocenters. The monoisotopic (exact) mass is 800 g/mol. The molecule has 0 aliphatic carbocycles. The maximum Gasteiger partial charge on any atom is 0.129 e. The van der Waals surface area contributed by atoms with Crippen LogP contribution in [0.25, 0.3) is 0 Å². The van der Waals surface area contributed by atoms with Crippen LogP contribution in [0.1, 0.15) is 45.0 Å². The highest BCUT2D eigenvalue weighted by Crippen LogP contribution is 2.36. The molecule has 7 aromatic carbocycles. The molecule has 7 aromatic rings. The molecule has 0 spiro atoms. The summed E-state index contributed by atoms with van der Waals surface area (Å²) in [5.74, 6) is 1.07. The highest BCUT2D eigenvalue weighted by Gasteiger charge is 2.39. The van der Waals surface area contributed by atoms with Crippen LogP contribution in [0.15, 0.2) is 200 Å². The van der Waals surface area contributed by atoms with Crippen molar-refractivity contribution in [2.75, 3.05) is 6.61 Å².